The zero-order valence-electron chi connectivity index (χ0n) is 22.5. The molecule has 5 rings (SSSR count). The van der Waals surface area contributed by atoms with Gasteiger partial charge in [-0.1, -0.05) is 26.8 Å². The number of rotatable bonds is 7. The lowest BCUT2D eigenvalue weighted by atomic mass is 9.92. The lowest BCUT2D eigenvalue weighted by Crippen LogP contribution is -2.31. The monoisotopic (exact) mass is 518 g/mol. The molecule has 2 heterocycles. The van der Waals surface area contributed by atoms with E-state index in [1.165, 1.54) is 17.8 Å². The molecule has 2 aliphatic rings. The molecule has 1 aromatic heterocycles. The number of benzene rings is 2. The average molecular weight is 519 g/mol. The Bertz CT molecular complexity index is 1380. The van der Waals surface area contributed by atoms with Gasteiger partial charge in [-0.25, -0.2) is 0 Å². The van der Waals surface area contributed by atoms with Gasteiger partial charge >= 0.3 is 0 Å². The maximum atomic E-state index is 13.3. The van der Waals surface area contributed by atoms with Crippen LogP contribution < -0.4 is 11.1 Å². The van der Waals surface area contributed by atoms with E-state index in [9.17, 15) is 19.8 Å². The number of anilines is 1. The number of amides is 2. The van der Waals surface area contributed by atoms with E-state index in [2.05, 4.69) is 36.7 Å². The molecule has 8 nitrogen and oxygen atoms in total. The third kappa shape index (κ3) is 4.97. The number of carbonyl (C=O) groups is 2. The predicted octanol–water partition coefficient (Wildman–Crippen LogP) is 4.36. The van der Waals surface area contributed by atoms with Gasteiger partial charge in [-0.2, -0.15) is 0 Å². The van der Waals surface area contributed by atoms with E-state index in [1.807, 2.05) is 23.1 Å². The van der Waals surface area contributed by atoms with Crippen LogP contribution in [0.5, 0.6) is 11.5 Å². The van der Waals surface area contributed by atoms with Gasteiger partial charge < -0.3 is 30.7 Å². The Labute approximate surface area is 223 Å². The highest BCUT2D eigenvalue weighted by molar-refractivity contribution is 6.02. The highest BCUT2D eigenvalue weighted by atomic mass is 16.3. The van der Waals surface area contributed by atoms with Crippen LogP contribution in [0.2, 0.25) is 0 Å². The SMILES string of the molecule is CC(C)(C)c1cc2cc(NC(=O)C3(c4ccc(O)c(O)c4)CC3)ccc2n1CCCC(=O)N1CCC(N)C1. The molecular formula is C30H38N4O4. The topological polar surface area (TPSA) is 121 Å². The number of nitrogens with zero attached hydrogens (tertiary/aromatic N) is 2. The van der Waals surface area contributed by atoms with Crippen LogP contribution in [0, 0.1) is 0 Å². The summed E-state index contributed by atoms with van der Waals surface area (Å²) in [6.07, 6.45) is 3.51. The van der Waals surface area contributed by atoms with Crippen LogP contribution >= 0.6 is 0 Å². The van der Waals surface area contributed by atoms with Crippen molar-refractivity contribution >= 4 is 28.4 Å². The van der Waals surface area contributed by atoms with E-state index in [0.717, 1.165) is 42.5 Å². The van der Waals surface area contributed by atoms with Gasteiger partial charge in [0.2, 0.25) is 11.8 Å². The number of phenolic OH excluding ortho intramolecular Hbond substituents is 2. The number of aromatic nitrogens is 1. The molecule has 8 heteroatoms. The minimum absolute atomic E-state index is 0.0902. The first-order valence-electron chi connectivity index (χ1n) is 13.5. The van der Waals surface area contributed by atoms with Crippen molar-refractivity contribution in [1.29, 1.82) is 0 Å². The molecule has 202 valence electrons. The maximum Gasteiger partial charge on any atom is 0.235 e. The summed E-state index contributed by atoms with van der Waals surface area (Å²) in [5, 5.41) is 23.7. The van der Waals surface area contributed by atoms with Crippen molar-refractivity contribution in [1.82, 2.24) is 9.47 Å². The van der Waals surface area contributed by atoms with Crippen LogP contribution in [-0.2, 0) is 27.0 Å². The second-order valence-corrected chi connectivity index (χ2v) is 11.9. The van der Waals surface area contributed by atoms with Crippen LogP contribution in [0.25, 0.3) is 10.9 Å². The van der Waals surface area contributed by atoms with Gasteiger partial charge in [-0.15, -0.1) is 0 Å². The molecule has 5 N–H and O–H groups in total. The molecule has 1 saturated heterocycles. The third-order valence-electron chi connectivity index (χ3n) is 7.99. The Balaban J connectivity index is 1.33. The molecule has 1 aliphatic heterocycles. The largest absolute Gasteiger partial charge is 0.504 e. The smallest absolute Gasteiger partial charge is 0.235 e. The quantitative estimate of drug-likeness (QED) is 0.346. The number of aromatic hydroxyl groups is 2. The third-order valence-corrected chi connectivity index (χ3v) is 7.99. The van der Waals surface area contributed by atoms with E-state index < -0.39 is 5.41 Å². The van der Waals surface area contributed by atoms with Crippen molar-refractivity contribution in [2.24, 2.45) is 5.73 Å². The van der Waals surface area contributed by atoms with Gasteiger partial charge in [0.05, 0.1) is 5.41 Å². The molecule has 38 heavy (non-hydrogen) atoms. The number of aryl methyl sites for hydroxylation is 1. The van der Waals surface area contributed by atoms with Crippen molar-refractivity contribution in [2.75, 3.05) is 18.4 Å². The van der Waals surface area contributed by atoms with Gasteiger partial charge in [0.1, 0.15) is 0 Å². The number of carbonyl (C=O) groups excluding carboxylic acids is 2. The Kier molecular flexibility index (Phi) is 6.63. The second-order valence-electron chi connectivity index (χ2n) is 11.9. The van der Waals surface area contributed by atoms with Crippen molar-refractivity contribution in [2.45, 2.75) is 76.3 Å². The molecule has 2 fully saturated rings. The van der Waals surface area contributed by atoms with Crippen molar-refractivity contribution in [3.8, 4) is 11.5 Å². The first-order valence-corrected chi connectivity index (χ1v) is 13.5. The molecule has 1 unspecified atom stereocenters. The van der Waals surface area contributed by atoms with Crippen LogP contribution in [0.1, 0.15) is 64.1 Å². The Morgan fingerprint density at radius 2 is 1.84 bits per heavy atom. The summed E-state index contributed by atoms with van der Waals surface area (Å²) >= 11 is 0. The lowest BCUT2D eigenvalue weighted by molar-refractivity contribution is -0.130. The van der Waals surface area contributed by atoms with Gasteiger partial charge in [-0.3, -0.25) is 9.59 Å². The highest BCUT2D eigenvalue weighted by Gasteiger charge is 2.51. The normalized spacial score (nSPS) is 18.6. The fourth-order valence-electron chi connectivity index (χ4n) is 5.61. The minimum atomic E-state index is -0.686. The number of fused-ring (bicyclic) bond motifs is 1. The Hall–Kier alpha value is -3.52. The molecule has 2 amide bonds. The zero-order valence-corrected chi connectivity index (χ0v) is 22.5. The molecule has 2 aromatic carbocycles. The van der Waals surface area contributed by atoms with Crippen LogP contribution in [0.4, 0.5) is 5.69 Å². The van der Waals surface area contributed by atoms with Gasteiger partial charge in [0.15, 0.2) is 11.5 Å². The maximum absolute atomic E-state index is 13.3. The highest BCUT2D eigenvalue weighted by Crippen LogP contribution is 2.50. The van der Waals surface area contributed by atoms with Crippen LogP contribution in [0.15, 0.2) is 42.5 Å². The Morgan fingerprint density at radius 1 is 1.08 bits per heavy atom. The zero-order chi connectivity index (χ0) is 27.2. The number of nitrogens with one attached hydrogen (secondary N) is 1. The number of hydrogen-bond acceptors (Lipinski definition) is 5. The van der Waals surface area contributed by atoms with E-state index in [0.29, 0.717) is 31.4 Å². The number of nitrogens with two attached hydrogens (primary N) is 1. The second kappa shape index (κ2) is 9.66. The standard InChI is InChI=1S/C30H38N4O4/c1-29(2,3)26-16-19-15-22(32-28(38)30(11-12-30)20-6-9-24(35)25(36)17-20)7-8-23(19)34(26)13-4-5-27(37)33-14-10-21(31)18-33/h6-9,15-17,21,35-36H,4-5,10-14,18,31H2,1-3H3,(H,32,38). The summed E-state index contributed by atoms with van der Waals surface area (Å²) in [6, 6.07) is 12.8. The summed E-state index contributed by atoms with van der Waals surface area (Å²) in [5.41, 5.74) is 8.88. The van der Waals surface area contributed by atoms with E-state index in [1.54, 1.807) is 6.07 Å². The lowest BCUT2D eigenvalue weighted by Gasteiger charge is -2.22. The van der Waals surface area contributed by atoms with Gasteiger partial charge in [-0.05, 0) is 67.6 Å². The number of phenols is 2. The fraction of sp³-hybridized carbons (Fsp3) is 0.467. The summed E-state index contributed by atoms with van der Waals surface area (Å²) in [5.74, 6) is -0.353. The van der Waals surface area contributed by atoms with E-state index in [-0.39, 0.29) is 34.8 Å². The van der Waals surface area contributed by atoms with Gasteiger partial charge in [0, 0.05) is 59.8 Å². The molecule has 1 saturated carbocycles. The van der Waals surface area contributed by atoms with Crippen molar-refractivity contribution in [3.05, 3.63) is 53.7 Å². The minimum Gasteiger partial charge on any atom is -0.504 e. The van der Waals surface area contributed by atoms with E-state index >= 15 is 0 Å². The van der Waals surface area contributed by atoms with Crippen LogP contribution in [-0.4, -0.2) is 50.6 Å². The predicted molar refractivity (Wildman–Crippen MR) is 148 cm³/mol. The molecule has 0 spiro atoms. The first kappa shape index (κ1) is 26.1. The molecule has 0 bridgehead atoms. The number of hydrogen-bond donors (Lipinski definition) is 4. The van der Waals surface area contributed by atoms with Crippen LogP contribution in [0.3, 0.4) is 0 Å². The molecule has 1 atom stereocenters. The van der Waals surface area contributed by atoms with Crippen molar-refractivity contribution < 1.29 is 19.8 Å². The summed E-state index contributed by atoms with van der Waals surface area (Å²) < 4.78 is 2.30. The molecule has 1 aliphatic carbocycles. The molecule has 0 radical (unpaired) electrons. The Morgan fingerprint density at radius 3 is 2.47 bits per heavy atom. The number of likely N-dealkylation sites (tertiary alicyclic amines) is 1. The van der Waals surface area contributed by atoms with Crippen molar-refractivity contribution in [3.63, 3.8) is 0 Å². The molecular weight excluding hydrogens is 480 g/mol. The molecule has 3 aromatic rings. The van der Waals surface area contributed by atoms with E-state index in [4.69, 9.17) is 5.73 Å². The summed E-state index contributed by atoms with van der Waals surface area (Å²) in [6.45, 7) is 8.69. The average Bonchev–Trinajstić information content (AvgIpc) is 3.43. The summed E-state index contributed by atoms with van der Waals surface area (Å²) in [7, 11) is 0. The summed E-state index contributed by atoms with van der Waals surface area (Å²) in [4.78, 5) is 27.8. The first-order chi connectivity index (χ1) is 18.0. The van der Waals surface area contributed by atoms with Gasteiger partial charge in [0.25, 0.3) is 0 Å². The fourth-order valence-corrected chi connectivity index (χ4v) is 5.61.